The first-order valence-electron chi connectivity index (χ1n) is 7.18. The molecule has 3 heteroatoms. The van der Waals surface area contributed by atoms with E-state index in [1.165, 1.54) is 5.56 Å². The van der Waals surface area contributed by atoms with Gasteiger partial charge in [0.05, 0.1) is 7.11 Å². The smallest absolute Gasteiger partial charge is 0.251 e. The van der Waals surface area contributed by atoms with Gasteiger partial charge in [-0.1, -0.05) is 30.3 Å². The molecule has 0 aromatic heterocycles. The van der Waals surface area contributed by atoms with E-state index in [9.17, 15) is 4.79 Å². The summed E-state index contributed by atoms with van der Waals surface area (Å²) >= 11 is 0. The maximum atomic E-state index is 12.1. The molecule has 0 aliphatic carbocycles. The average Bonchev–Trinajstić information content (AvgIpc) is 2.54. The Bertz CT molecular complexity index is 564. The van der Waals surface area contributed by atoms with E-state index >= 15 is 0 Å². The van der Waals surface area contributed by atoms with Gasteiger partial charge < -0.3 is 10.1 Å². The highest BCUT2D eigenvalue weighted by molar-refractivity contribution is 5.94. The lowest BCUT2D eigenvalue weighted by atomic mass is 10.1. The van der Waals surface area contributed by atoms with Gasteiger partial charge in [0.2, 0.25) is 0 Å². The molecule has 0 saturated carbocycles. The number of benzene rings is 2. The number of carbonyl (C=O) groups is 1. The third-order valence-electron chi connectivity index (χ3n) is 3.44. The number of rotatable bonds is 6. The summed E-state index contributed by atoms with van der Waals surface area (Å²) in [6.07, 6.45) is 1.89. The molecule has 0 spiro atoms. The highest BCUT2D eigenvalue weighted by Gasteiger charge is 2.09. The number of carbonyl (C=O) groups excluding carboxylic acids is 1. The maximum Gasteiger partial charge on any atom is 0.251 e. The summed E-state index contributed by atoms with van der Waals surface area (Å²) in [5.41, 5.74) is 1.95. The van der Waals surface area contributed by atoms with Gasteiger partial charge in [-0.3, -0.25) is 4.79 Å². The Morgan fingerprint density at radius 2 is 1.76 bits per heavy atom. The highest BCUT2D eigenvalue weighted by atomic mass is 16.5. The van der Waals surface area contributed by atoms with Crippen molar-refractivity contribution in [1.82, 2.24) is 5.32 Å². The van der Waals surface area contributed by atoms with Crippen molar-refractivity contribution in [2.75, 3.05) is 7.11 Å². The third-order valence-corrected chi connectivity index (χ3v) is 3.44. The molecule has 0 aliphatic rings. The minimum atomic E-state index is -0.0433. The summed E-state index contributed by atoms with van der Waals surface area (Å²) < 4.78 is 5.09. The number of hydrogen-bond donors (Lipinski definition) is 1. The second kappa shape index (κ2) is 7.48. The van der Waals surface area contributed by atoms with E-state index in [1.54, 1.807) is 31.4 Å². The van der Waals surface area contributed by atoms with Crippen LogP contribution in [-0.4, -0.2) is 19.1 Å². The normalized spacial score (nSPS) is 11.7. The Balaban J connectivity index is 1.83. The molecule has 2 aromatic rings. The molecule has 2 aromatic carbocycles. The molecule has 1 atom stereocenters. The zero-order chi connectivity index (χ0) is 15.1. The van der Waals surface area contributed by atoms with Crippen LogP contribution < -0.4 is 10.1 Å². The van der Waals surface area contributed by atoms with Crippen molar-refractivity contribution in [3.63, 3.8) is 0 Å². The number of ether oxygens (including phenoxy) is 1. The van der Waals surface area contributed by atoms with Crippen molar-refractivity contribution >= 4 is 5.91 Å². The van der Waals surface area contributed by atoms with Gasteiger partial charge in [0, 0.05) is 11.6 Å². The zero-order valence-corrected chi connectivity index (χ0v) is 12.5. The molecule has 0 bridgehead atoms. The van der Waals surface area contributed by atoms with Crippen LogP contribution in [0.2, 0.25) is 0 Å². The molecule has 1 N–H and O–H groups in total. The molecular weight excluding hydrogens is 262 g/mol. The number of nitrogens with one attached hydrogen (secondary N) is 1. The first-order chi connectivity index (χ1) is 10.2. The van der Waals surface area contributed by atoms with E-state index in [0.717, 1.165) is 18.6 Å². The van der Waals surface area contributed by atoms with E-state index in [1.807, 2.05) is 25.1 Å². The van der Waals surface area contributed by atoms with Gasteiger partial charge in [-0.2, -0.15) is 0 Å². The number of methoxy groups -OCH3 is 1. The molecule has 0 radical (unpaired) electrons. The molecule has 0 aliphatic heterocycles. The lowest BCUT2D eigenvalue weighted by molar-refractivity contribution is 0.0938. The standard InChI is InChI=1S/C18H21NO2/c1-14(8-9-15-6-4-3-5-7-15)19-18(20)16-10-12-17(21-2)13-11-16/h3-7,10-14H,8-9H2,1-2H3,(H,19,20). The number of amides is 1. The van der Waals surface area contributed by atoms with Crippen LogP contribution in [0.1, 0.15) is 29.3 Å². The van der Waals surface area contributed by atoms with E-state index in [0.29, 0.717) is 5.56 Å². The van der Waals surface area contributed by atoms with Crippen LogP contribution in [0.15, 0.2) is 54.6 Å². The van der Waals surface area contributed by atoms with Gasteiger partial charge in [0.15, 0.2) is 0 Å². The van der Waals surface area contributed by atoms with Gasteiger partial charge in [0.1, 0.15) is 5.75 Å². The Morgan fingerprint density at radius 3 is 2.38 bits per heavy atom. The van der Waals surface area contributed by atoms with Crippen LogP contribution in [0.3, 0.4) is 0 Å². The Morgan fingerprint density at radius 1 is 1.10 bits per heavy atom. The first-order valence-corrected chi connectivity index (χ1v) is 7.18. The molecule has 3 nitrogen and oxygen atoms in total. The van der Waals surface area contributed by atoms with Crippen LogP contribution >= 0.6 is 0 Å². The fourth-order valence-corrected chi connectivity index (χ4v) is 2.15. The van der Waals surface area contributed by atoms with Gasteiger partial charge in [-0.05, 0) is 49.6 Å². The monoisotopic (exact) mass is 283 g/mol. The van der Waals surface area contributed by atoms with Crippen LogP contribution in [0.25, 0.3) is 0 Å². The number of hydrogen-bond acceptors (Lipinski definition) is 2. The molecule has 1 unspecified atom stereocenters. The second-order valence-corrected chi connectivity index (χ2v) is 5.13. The minimum Gasteiger partial charge on any atom is -0.497 e. The maximum absolute atomic E-state index is 12.1. The van der Waals surface area contributed by atoms with E-state index in [-0.39, 0.29) is 11.9 Å². The Labute approximate surface area is 126 Å². The van der Waals surface area contributed by atoms with Crippen molar-refractivity contribution in [3.8, 4) is 5.75 Å². The van der Waals surface area contributed by atoms with Gasteiger partial charge in [0.25, 0.3) is 5.91 Å². The van der Waals surface area contributed by atoms with Gasteiger partial charge >= 0.3 is 0 Å². The largest absolute Gasteiger partial charge is 0.497 e. The second-order valence-electron chi connectivity index (χ2n) is 5.13. The summed E-state index contributed by atoms with van der Waals surface area (Å²) in [5.74, 6) is 0.710. The molecule has 0 heterocycles. The summed E-state index contributed by atoms with van der Waals surface area (Å²) in [5, 5.41) is 3.02. The molecule has 1 amide bonds. The SMILES string of the molecule is COc1ccc(C(=O)NC(C)CCc2ccccc2)cc1. The van der Waals surface area contributed by atoms with Crippen molar-refractivity contribution in [3.05, 3.63) is 65.7 Å². The highest BCUT2D eigenvalue weighted by Crippen LogP contribution is 2.12. The average molecular weight is 283 g/mol. The summed E-state index contributed by atoms with van der Waals surface area (Å²) in [4.78, 5) is 12.1. The Hall–Kier alpha value is -2.29. The first kappa shape index (κ1) is 15.1. The third kappa shape index (κ3) is 4.63. The van der Waals surface area contributed by atoms with Crippen LogP contribution in [-0.2, 0) is 6.42 Å². The molecule has 2 rings (SSSR count). The predicted molar refractivity (Wildman–Crippen MR) is 84.7 cm³/mol. The topological polar surface area (TPSA) is 38.3 Å². The van der Waals surface area contributed by atoms with Crippen molar-refractivity contribution in [2.45, 2.75) is 25.8 Å². The van der Waals surface area contributed by atoms with E-state index in [2.05, 4.69) is 17.4 Å². The van der Waals surface area contributed by atoms with Crippen molar-refractivity contribution < 1.29 is 9.53 Å². The van der Waals surface area contributed by atoms with Crippen LogP contribution in [0.5, 0.6) is 5.75 Å². The molecule has 0 saturated heterocycles. The van der Waals surface area contributed by atoms with Crippen molar-refractivity contribution in [1.29, 1.82) is 0 Å². The lowest BCUT2D eigenvalue weighted by Crippen LogP contribution is -2.32. The molecule has 110 valence electrons. The Kier molecular flexibility index (Phi) is 5.38. The minimum absolute atomic E-state index is 0.0433. The fourth-order valence-electron chi connectivity index (χ4n) is 2.15. The van der Waals surface area contributed by atoms with Crippen LogP contribution in [0.4, 0.5) is 0 Å². The molecule has 0 fully saturated rings. The molecule has 21 heavy (non-hydrogen) atoms. The summed E-state index contributed by atoms with van der Waals surface area (Å²) in [7, 11) is 1.61. The van der Waals surface area contributed by atoms with Gasteiger partial charge in [-0.15, -0.1) is 0 Å². The van der Waals surface area contributed by atoms with Crippen molar-refractivity contribution in [2.24, 2.45) is 0 Å². The lowest BCUT2D eigenvalue weighted by Gasteiger charge is -2.14. The number of aryl methyl sites for hydroxylation is 1. The van der Waals surface area contributed by atoms with Gasteiger partial charge in [-0.25, -0.2) is 0 Å². The predicted octanol–water partition coefficient (Wildman–Crippen LogP) is 3.45. The van der Waals surface area contributed by atoms with E-state index < -0.39 is 0 Å². The fraction of sp³-hybridized carbons (Fsp3) is 0.278. The quantitative estimate of drug-likeness (QED) is 0.882. The molecular formula is C18H21NO2. The van der Waals surface area contributed by atoms with E-state index in [4.69, 9.17) is 4.74 Å². The van der Waals surface area contributed by atoms with Crippen LogP contribution in [0, 0.1) is 0 Å². The summed E-state index contributed by atoms with van der Waals surface area (Å²) in [6.45, 7) is 2.03. The zero-order valence-electron chi connectivity index (χ0n) is 12.5. The summed E-state index contributed by atoms with van der Waals surface area (Å²) in [6, 6.07) is 17.6.